The number of pyridine rings is 3. The van der Waals surface area contributed by atoms with Crippen molar-refractivity contribution >= 4 is 39.7 Å². The fourth-order valence-corrected chi connectivity index (χ4v) is 5.81. The van der Waals surface area contributed by atoms with Gasteiger partial charge >= 0.3 is 0 Å². The third-order valence-electron chi connectivity index (χ3n) is 7.99. The van der Waals surface area contributed by atoms with Gasteiger partial charge in [0.1, 0.15) is 11.6 Å². The standard InChI is InChI=1S/C31H33FN6O3/c32-24-15-20(35-30(40)19-5-2-1-3-6-19)8-10-23(24)26-16-27(29-25(36-26)12-13-33-31(29)41)37-28-11-9-21(17-34-28)38-14-4-7-22(39)18-38/h8-13,15-17,19,22,39H,1-7,14,18H2,(H,33,41)(H,35,40)(H,34,36,37)/t22-/m1/s1. The van der Waals surface area contributed by atoms with Gasteiger partial charge < -0.3 is 25.6 Å². The lowest BCUT2D eigenvalue weighted by molar-refractivity contribution is -0.120. The van der Waals surface area contributed by atoms with E-state index >= 15 is 4.39 Å². The second-order valence-electron chi connectivity index (χ2n) is 10.9. The number of halogens is 1. The highest BCUT2D eigenvalue weighted by molar-refractivity contribution is 5.95. The molecule has 2 fully saturated rings. The van der Waals surface area contributed by atoms with E-state index in [0.29, 0.717) is 40.3 Å². The largest absolute Gasteiger partial charge is 0.391 e. The van der Waals surface area contributed by atoms with Gasteiger partial charge in [-0.3, -0.25) is 9.59 Å². The van der Waals surface area contributed by atoms with Gasteiger partial charge in [0, 0.05) is 36.5 Å². The Hall–Kier alpha value is -4.31. The number of aliphatic hydroxyl groups is 1. The van der Waals surface area contributed by atoms with Crippen molar-refractivity contribution in [2.75, 3.05) is 28.6 Å². The van der Waals surface area contributed by atoms with Gasteiger partial charge in [-0.05, 0) is 68.1 Å². The Morgan fingerprint density at radius 2 is 1.90 bits per heavy atom. The zero-order valence-corrected chi connectivity index (χ0v) is 22.7. The van der Waals surface area contributed by atoms with Gasteiger partial charge in [0.25, 0.3) is 5.56 Å². The van der Waals surface area contributed by atoms with E-state index in [-0.39, 0.29) is 29.1 Å². The number of aromatic nitrogens is 3. The van der Waals surface area contributed by atoms with Crippen LogP contribution in [0.3, 0.4) is 0 Å². The quantitative estimate of drug-likeness (QED) is 0.253. The molecular weight excluding hydrogens is 523 g/mol. The molecule has 0 unspecified atom stereocenters. The maximum atomic E-state index is 15.4. The van der Waals surface area contributed by atoms with Crippen LogP contribution in [-0.2, 0) is 4.79 Å². The molecule has 1 amide bonds. The normalized spacial score (nSPS) is 17.9. The first-order valence-corrected chi connectivity index (χ1v) is 14.2. The van der Waals surface area contributed by atoms with Crippen molar-refractivity contribution in [3.63, 3.8) is 0 Å². The number of aromatic amines is 1. The molecule has 1 aliphatic carbocycles. The summed E-state index contributed by atoms with van der Waals surface area (Å²) in [4.78, 5) is 39.3. The number of benzene rings is 1. The number of hydrogen-bond acceptors (Lipinski definition) is 7. The summed E-state index contributed by atoms with van der Waals surface area (Å²) >= 11 is 0. The number of aliphatic hydroxyl groups excluding tert-OH is 1. The van der Waals surface area contributed by atoms with Crippen LogP contribution in [-0.4, -0.2) is 45.2 Å². The third-order valence-corrected chi connectivity index (χ3v) is 7.99. The maximum Gasteiger partial charge on any atom is 0.259 e. The van der Waals surface area contributed by atoms with Crippen LogP contribution in [0.5, 0.6) is 0 Å². The van der Waals surface area contributed by atoms with Crippen LogP contribution in [0.1, 0.15) is 44.9 Å². The molecule has 0 spiro atoms. The van der Waals surface area contributed by atoms with E-state index in [1.165, 1.54) is 12.3 Å². The van der Waals surface area contributed by atoms with Gasteiger partial charge in [-0.15, -0.1) is 0 Å². The first-order valence-electron chi connectivity index (χ1n) is 14.2. The van der Waals surface area contributed by atoms with Gasteiger partial charge in [-0.25, -0.2) is 14.4 Å². The lowest BCUT2D eigenvalue weighted by Gasteiger charge is -2.31. The molecule has 4 aromatic rings. The van der Waals surface area contributed by atoms with Crippen LogP contribution >= 0.6 is 0 Å². The van der Waals surface area contributed by atoms with Gasteiger partial charge in [0.2, 0.25) is 5.91 Å². The molecule has 1 saturated heterocycles. The van der Waals surface area contributed by atoms with Crippen molar-refractivity contribution in [2.45, 2.75) is 51.0 Å². The van der Waals surface area contributed by atoms with E-state index in [4.69, 9.17) is 0 Å². The summed E-state index contributed by atoms with van der Waals surface area (Å²) in [6.07, 6.45) is 9.56. The first-order chi connectivity index (χ1) is 19.9. The number of rotatable bonds is 6. The van der Waals surface area contributed by atoms with Gasteiger partial charge in [-0.2, -0.15) is 0 Å². The van der Waals surface area contributed by atoms with E-state index in [1.54, 1.807) is 30.5 Å². The van der Waals surface area contributed by atoms with Crippen molar-refractivity contribution in [2.24, 2.45) is 5.92 Å². The summed E-state index contributed by atoms with van der Waals surface area (Å²) in [5, 5.41) is 16.4. The highest BCUT2D eigenvalue weighted by atomic mass is 19.1. The average Bonchev–Trinajstić information content (AvgIpc) is 2.98. The molecule has 3 aromatic heterocycles. The fraction of sp³-hybridized carbons (Fsp3) is 0.355. The number of amides is 1. The fourth-order valence-electron chi connectivity index (χ4n) is 5.81. The lowest BCUT2D eigenvalue weighted by atomic mass is 9.88. The monoisotopic (exact) mass is 556 g/mol. The van der Waals surface area contributed by atoms with Gasteiger partial charge in [0.15, 0.2) is 0 Å². The summed E-state index contributed by atoms with van der Waals surface area (Å²) < 4.78 is 15.4. The minimum Gasteiger partial charge on any atom is -0.391 e. The Kier molecular flexibility index (Phi) is 7.65. The molecule has 4 N–H and O–H groups in total. The summed E-state index contributed by atoms with van der Waals surface area (Å²) in [6, 6.07) is 11.6. The van der Waals surface area contributed by atoms with Crippen LogP contribution in [0.4, 0.5) is 27.3 Å². The molecule has 0 radical (unpaired) electrons. The summed E-state index contributed by atoms with van der Waals surface area (Å²) in [6.45, 7) is 1.42. The van der Waals surface area contributed by atoms with Crippen LogP contribution in [0.15, 0.2) is 59.7 Å². The SMILES string of the molecule is O=C(Nc1ccc(-c2cc(Nc3ccc(N4CCC[C@@H](O)C4)cn3)c3c(=O)[nH]ccc3n2)c(F)c1)C1CCCCC1. The van der Waals surface area contributed by atoms with Crippen molar-refractivity contribution in [1.29, 1.82) is 0 Å². The second-order valence-corrected chi connectivity index (χ2v) is 10.9. The number of H-pyrrole nitrogens is 1. The Balaban J connectivity index is 1.27. The predicted molar refractivity (Wildman–Crippen MR) is 158 cm³/mol. The molecule has 41 heavy (non-hydrogen) atoms. The van der Waals surface area contributed by atoms with E-state index < -0.39 is 5.82 Å². The number of carbonyl (C=O) groups is 1. The Morgan fingerprint density at radius 1 is 1.05 bits per heavy atom. The molecule has 10 heteroatoms. The van der Waals surface area contributed by atoms with E-state index in [1.807, 2.05) is 12.1 Å². The Bertz CT molecular complexity index is 1620. The molecule has 0 bridgehead atoms. The number of piperidine rings is 1. The third kappa shape index (κ3) is 5.92. The van der Waals surface area contributed by atoms with E-state index in [0.717, 1.165) is 57.2 Å². The van der Waals surface area contributed by atoms with E-state index in [2.05, 4.69) is 30.5 Å². The minimum atomic E-state index is -0.528. The number of β-amino-alcohol motifs (C(OH)–C–C–N with tert-alkyl or cyclic N) is 1. The van der Waals surface area contributed by atoms with Crippen molar-refractivity contribution in [3.8, 4) is 11.3 Å². The number of fused-ring (bicyclic) bond motifs is 1. The summed E-state index contributed by atoms with van der Waals surface area (Å²) in [5.41, 5.74) is 2.42. The lowest BCUT2D eigenvalue weighted by Crippen LogP contribution is -2.38. The number of hydrogen-bond donors (Lipinski definition) is 4. The summed E-state index contributed by atoms with van der Waals surface area (Å²) in [5.74, 6) is -0.120. The molecule has 1 aliphatic heterocycles. The molecule has 1 saturated carbocycles. The molecule has 212 valence electrons. The minimum absolute atomic E-state index is 0.0329. The Labute approximate surface area is 236 Å². The zero-order valence-electron chi connectivity index (χ0n) is 22.7. The number of nitrogens with zero attached hydrogens (tertiary/aromatic N) is 3. The maximum absolute atomic E-state index is 15.4. The molecule has 4 heterocycles. The van der Waals surface area contributed by atoms with Crippen LogP contribution in [0.2, 0.25) is 0 Å². The first kappa shape index (κ1) is 26.9. The van der Waals surface area contributed by atoms with Gasteiger partial charge in [-0.1, -0.05) is 19.3 Å². The van der Waals surface area contributed by atoms with Crippen molar-refractivity contribution in [3.05, 3.63) is 71.0 Å². The Morgan fingerprint density at radius 3 is 2.66 bits per heavy atom. The zero-order chi connectivity index (χ0) is 28.3. The molecule has 6 rings (SSSR count). The van der Waals surface area contributed by atoms with Crippen molar-refractivity contribution in [1.82, 2.24) is 15.0 Å². The number of anilines is 4. The average molecular weight is 557 g/mol. The van der Waals surface area contributed by atoms with E-state index in [9.17, 15) is 14.7 Å². The highest BCUT2D eigenvalue weighted by Crippen LogP contribution is 2.32. The number of carbonyl (C=O) groups excluding carboxylic acids is 1. The molecule has 1 atom stereocenters. The van der Waals surface area contributed by atoms with Crippen LogP contribution < -0.4 is 21.1 Å². The molecule has 9 nitrogen and oxygen atoms in total. The number of nitrogens with one attached hydrogen (secondary N) is 3. The summed E-state index contributed by atoms with van der Waals surface area (Å²) in [7, 11) is 0. The topological polar surface area (TPSA) is 123 Å². The van der Waals surface area contributed by atoms with Gasteiger partial charge in [0.05, 0.1) is 40.3 Å². The second kappa shape index (κ2) is 11.7. The highest BCUT2D eigenvalue weighted by Gasteiger charge is 2.22. The molecule has 2 aliphatic rings. The van der Waals surface area contributed by atoms with Crippen LogP contribution in [0, 0.1) is 11.7 Å². The smallest absolute Gasteiger partial charge is 0.259 e. The molecule has 1 aromatic carbocycles. The van der Waals surface area contributed by atoms with Crippen molar-refractivity contribution < 1.29 is 14.3 Å². The predicted octanol–water partition coefficient (Wildman–Crippen LogP) is 5.35. The van der Waals surface area contributed by atoms with Crippen LogP contribution in [0.25, 0.3) is 22.2 Å². The molecular formula is C31H33FN6O3.